The van der Waals surface area contributed by atoms with Gasteiger partial charge in [0, 0.05) is 13.2 Å². The largest absolute Gasteiger partial charge is 0.379 e. The van der Waals surface area contributed by atoms with E-state index in [9.17, 15) is 0 Å². The highest BCUT2D eigenvalue weighted by Gasteiger charge is 1.96. The first-order chi connectivity index (χ1) is 14.9. The molecule has 0 aromatic carbocycles. The molecule has 0 spiro atoms. The predicted octanol–water partition coefficient (Wildman–Crippen LogP) is 8.51. The summed E-state index contributed by atoms with van der Waals surface area (Å²) >= 11 is 2.44. The normalized spacial score (nSPS) is 11.4. The quantitative estimate of drug-likeness (QED) is 0.0594. The van der Waals surface area contributed by atoms with Gasteiger partial charge in [-0.15, -0.1) is 0 Å². The molecule has 0 rings (SSSR count). The lowest BCUT2D eigenvalue weighted by molar-refractivity contribution is 0.0132. The van der Waals surface area contributed by atoms with E-state index in [1.54, 1.807) is 0 Å². The van der Waals surface area contributed by atoms with Crippen LogP contribution >= 0.6 is 22.6 Å². The maximum atomic E-state index is 5.66. The lowest BCUT2D eigenvalue weighted by Crippen LogP contribution is -2.10. The van der Waals surface area contributed by atoms with Gasteiger partial charge in [0.15, 0.2) is 0 Å². The SMILES string of the molecule is CCCCCCCCCCCCCCCCOCCOCCOCCCCCCI. The second kappa shape index (κ2) is 29.6. The summed E-state index contributed by atoms with van der Waals surface area (Å²) in [5.41, 5.74) is 0. The molecule has 0 N–H and O–H groups in total. The third kappa shape index (κ3) is 28.6. The molecule has 0 radical (unpaired) electrons. The molecule has 0 aliphatic carbocycles. The molecular formula is C26H53IO3. The van der Waals surface area contributed by atoms with Crippen LogP contribution in [-0.2, 0) is 14.2 Å². The maximum Gasteiger partial charge on any atom is 0.0701 e. The zero-order valence-electron chi connectivity index (χ0n) is 20.3. The third-order valence-electron chi connectivity index (χ3n) is 5.56. The van der Waals surface area contributed by atoms with Crippen LogP contribution in [0.15, 0.2) is 0 Å². The van der Waals surface area contributed by atoms with Crippen molar-refractivity contribution in [3.63, 3.8) is 0 Å². The van der Waals surface area contributed by atoms with Crippen molar-refractivity contribution in [3.8, 4) is 0 Å². The summed E-state index contributed by atoms with van der Waals surface area (Å²) in [4.78, 5) is 0. The smallest absolute Gasteiger partial charge is 0.0701 e. The number of unbranched alkanes of at least 4 members (excludes halogenated alkanes) is 16. The van der Waals surface area contributed by atoms with Gasteiger partial charge in [-0.3, -0.25) is 0 Å². The van der Waals surface area contributed by atoms with E-state index in [0.717, 1.165) is 19.8 Å². The lowest BCUT2D eigenvalue weighted by atomic mass is 10.0. The number of halogens is 1. The zero-order valence-corrected chi connectivity index (χ0v) is 22.4. The summed E-state index contributed by atoms with van der Waals surface area (Å²) in [6.45, 7) is 6.86. The van der Waals surface area contributed by atoms with Gasteiger partial charge in [-0.2, -0.15) is 0 Å². The number of ether oxygens (including phenoxy) is 3. The Labute approximate surface area is 202 Å². The zero-order chi connectivity index (χ0) is 21.8. The van der Waals surface area contributed by atoms with E-state index < -0.39 is 0 Å². The summed E-state index contributed by atoms with van der Waals surface area (Å²) < 4.78 is 18.1. The molecule has 30 heavy (non-hydrogen) atoms. The van der Waals surface area contributed by atoms with E-state index in [1.807, 2.05) is 0 Å². The summed E-state index contributed by atoms with van der Waals surface area (Å²) in [5, 5.41) is 0. The molecule has 0 amide bonds. The number of alkyl halides is 1. The minimum Gasteiger partial charge on any atom is -0.379 e. The fourth-order valence-corrected chi connectivity index (χ4v) is 4.13. The molecule has 0 saturated heterocycles. The Bertz CT molecular complexity index is 261. The summed E-state index contributed by atoms with van der Waals surface area (Å²) in [5.74, 6) is 0. The minimum absolute atomic E-state index is 0.690. The van der Waals surface area contributed by atoms with Gasteiger partial charge in [-0.1, -0.05) is 126 Å². The molecule has 182 valence electrons. The van der Waals surface area contributed by atoms with Crippen molar-refractivity contribution in [1.82, 2.24) is 0 Å². The van der Waals surface area contributed by atoms with Crippen molar-refractivity contribution < 1.29 is 14.2 Å². The van der Waals surface area contributed by atoms with Gasteiger partial charge < -0.3 is 14.2 Å². The highest BCUT2D eigenvalue weighted by atomic mass is 127. The molecule has 0 fully saturated rings. The van der Waals surface area contributed by atoms with Crippen molar-refractivity contribution in [1.29, 1.82) is 0 Å². The van der Waals surface area contributed by atoms with Crippen molar-refractivity contribution in [2.45, 2.75) is 122 Å². The van der Waals surface area contributed by atoms with E-state index in [2.05, 4.69) is 29.5 Å². The summed E-state index contributed by atoms with van der Waals surface area (Å²) in [6, 6.07) is 0. The summed E-state index contributed by atoms with van der Waals surface area (Å²) in [6.07, 6.45) is 24.8. The molecular weight excluding hydrogens is 487 g/mol. The molecule has 0 aromatic rings. The first kappa shape index (κ1) is 30.6. The molecule has 0 aromatic heterocycles. The van der Waals surface area contributed by atoms with Gasteiger partial charge in [0.1, 0.15) is 0 Å². The van der Waals surface area contributed by atoms with Crippen LogP contribution in [0.4, 0.5) is 0 Å². The van der Waals surface area contributed by atoms with Crippen molar-refractivity contribution >= 4 is 22.6 Å². The van der Waals surface area contributed by atoms with Gasteiger partial charge in [0.2, 0.25) is 0 Å². The average molecular weight is 541 g/mol. The van der Waals surface area contributed by atoms with Crippen molar-refractivity contribution in [3.05, 3.63) is 0 Å². The lowest BCUT2D eigenvalue weighted by Gasteiger charge is -2.07. The van der Waals surface area contributed by atoms with Crippen LogP contribution in [0.25, 0.3) is 0 Å². The molecule has 0 unspecified atom stereocenters. The van der Waals surface area contributed by atoms with Gasteiger partial charge in [-0.05, 0) is 23.7 Å². The average Bonchev–Trinajstić information content (AvgIpc) is 2.76. The van der Waals surface area contributed by atoms with E-state index >= 15 is 0 Å². The molecule has 4 heteroatoms. The number of hydrogen-bond acceptors (Lipinski definition) is 3. The van der Waals surface area contributed by atoms with Crippen LogP contribution in [0.3, 0.4) is 0 Å². The van der Waals surface area contributed by atoms with Gasteiger partial charge >= 0.3 is 0 Å². The third-order valence-corrected chi connectivity index (χ3v) is 6.32. The molecule has 0 aliphatic rings. The van der Waals surface area contributed by atoms with Gasteiger partial charge in [0.05, 0.1) is 26.4 Å². The van der Waals surface area contributed by atoms with E-state index in [1.165, 1.54) is 120 Å². The maximum absolute atomic E-state index is 5.66. The monoisotopic (exact) mass is 540 g/mol. The molecule has 0 bridgehead atoms. The molecule has 0 atom stereocenters. The van der Waals surface area contributed by atoms with Crippen LogP contribution in [0.1, 0.15) is 122 Å². The van der Waals surface area contributed by atoms with E-state index in [-0.39, 0.29) is 0 Å². The Hall–Kier alpha value is 0.610. The topological polar surface area (TPSA) is 27.7 Å². The number of rotatable bonds is 27. The van der Waals surface area contributed by atoms with Crippen LogP contribution in [0, 0.1) is 0 Å². The van der Waals surface area contributed by atoms with Crippen molar-refractivity contribution in [2.24, 2.45) is 0 Å². The Morgan fingerprint density at radius 3 is 1.03 bits per heavy atom. The van der Waals surface area contributed by atoms with Crippen molar-refractivity contribution in [2.75, 3.05) is 44.1 Å². The molecule has 3 nitrogen and oxygen atoms in total. The van der Waals surface area contributed by atoms with Gasteiger partial charge in [0.25, 0.3) is 0 Å². The molecule has 0 heterocycles. The highest BCUT2D eigenvalue weighted by molar-refractivity contribution is 14.1. The first-order valence-corrected chi connectivity index (χ1v) is 14.7. The fraction of sp³-hybridized carbons (Fsp3) is 1.00. The highest BCUT2D eigenvalue weighted by Crippen LogP contribution is 2.12. The second-order valence-electron chi connectivity index (χ2n) is 8.54. The predicted molar refractivity (Wildman–Crippen MR) is 140 cm³/mol. The second-order valence-corrected chi connectivity index (χ2v) is 9.62. The summed E-state index contributed by atoms with van der Waals surface area (Å²) in [7, 11) is 0. The molecule has 0 saturated carbocycles. The Morgan fingerprint density at radius 1 is 0.367 bits per heavy atom. The van der Waals surface area contributed by atoms with E-state index in [0.29, 0.717) is 19.8 Å². The van der Waals surface area contributed by atoms with Crippen LogP contribution in [0.2, 0.25) is 0 Å². The first-order valence-electron chi connectivity index (χ1n) is 13.2. The van der Waals surface area contributed by atoms with Crippen LogP contribution in [-0.4, -0.2) is 44.1 Å². The number of hydrogen-bond donors (Lipinski definition) is 0. The standard InChI is InChI=1S/C26H53IO3/c1-2-3-4-5-6-7-8-9-10-11-12-13-15-18-21-28-23-25-30-26-24-29-22-19-16-14-17-20-27/h2-26H2,1H3. The van der Waals surface area contributed by atoms with E-state index in [4.69, 9.17) is 14.2 Å². The Balaban J connectivity index is 2.97. The molecule has 0 aliphatic heterocycles. The minimum atomic E-state index is 0.690. The van der Waals surface area contributed by atoms with Crippen LogP contribution < -0.4 is 0 Å². The fourth-order valence-electron chi connectivity index (χ4n) is 3.59. The Morgan fingerprint density at radius 2 is 0.667 bits per heavy atom. The van der Waals surface area contributed by atoms with Gasteiger partial charge in [-0.25, -0.2) is 0 Å². The Kier molecular flexibility index (Phi) is 30.2. The van der Waals surface area contributed by atoms with Crippen LogP contribution in [0.5, 0.6) is 0 Å².